The Hall–Kier alpha value is -1.64. The summed E-state index contributed by atoms with van der Waals surface area (Å²) >= 11 is 0. The third kappa shape index (κ3) is 3.57. The normalized spacial score (nSPS) is 19.3. The maximum Gasteiger partial charge on any atom is 0.0986 e. The van der Waals surface area contributed by atoms with Gasteiger partial charge < -0.3 is 5.11 Å². The van der Waals surface area contributed by atoms with Crippen LogP contribution in [0.15, 0.2) is 60.7 Å². The zero-order chi connectivity index (χ0) is 15.2. The average Bonchev–Trinajstić information content (AvgIpc) is 2.86. The van der Waals surface area contributed by atoms with Gasteiger partial charge in [-0.3, -0.25) is 4.90 Å². The lowest BCUT2D eigenvalue weighted by atomic mass is 9.94. The number of aliphatic hydroxyl groups excluding tert-OH is 1. The Balaban J connectivity index is 1.92. The second kappa shape index (κ2) is 7.57. The minimum atomic E-state index is -0.485. The first-order chi connectivity index (χ1) is 10.9. The summed E-state index contributed by atoms with van der Waals surface area (Å²) in [4.78, 5) is 2.47. The molecule has 1 saturated heterocycles. The zero-order valence-corrected chi connectivity index (χ0v) is 13.1. The molecule has 3 rings (SSSR count). The molecule has 2 nitrogen and oxygen atoms in total. The SMILES string of the molecule is O[C@@H](c1ccccc1)[C@H](c1ccccc1)N1CCCCCC1. The van der Waals surface area contributed by atoms with Crippen LogP contribution in [-0.2, 0) is 0 Å². The van der Waals surface area contributed by atoms with Gasteiger partial charge in [0.05, 0.1) is 12.1 Å². The molecular weight excluding hydrogens is 270 g/mol. The van der Waals surface area contributed by atoms with Crippen LogP contribution in [0.5, 0.6) is 0 Å². The molecule has 2 atom stereocenters. The predicted octanol–water partition coefficient (Wildman–Crippen LogP) is 4.34. The van der Waals surface area contributed by atoms with Crippen LogP contribution in [0.25, 0.3) is 0 Å². The summed E-state index contributed by atoms with van der Waals surface area (Å²) in [5.74, 6) is 0. The van der Waals surface area contributed by atoms with Crippen molar-refractivity contribution in [1.82, 2.24) is 4.90 Å². The van der Waals surface area contributed by atoms with E-state index in [0.717, 1.165) is 18.7 Å². The number of hydrogen-bond donors (Lipinski definition) is 1. The monoisotopic (exact) mass is 295 g/mol. The topological polar surface area (TPSA) is 23.5 Å². The molecule has 0 saturated carbocycles. The molecule has 0 bridgehead atoms. The van der Waals surface area contributed by atoms with Gasteiger partial charge in [-0.2, -0.15) is 0 Å². The molecule has 0 radical (unpaired) electrons. The highest BCUT2D eigenvalue weighted by Gasteiger charge is 2.29. The van der Waals surface area contributed by atoms with Gasteiger partial charge in [0.25, 0.3) is 0 Å². The van der Waals surface area contributed by atoms with Crippen molar-refractivity contribution < 1.29 is 5.11 Å². The number of benzene rings is 2. The van der Waals surface area contributed by atoms with E-state index in [9.17, 15) is 5.11 Å². The zero-order valence-electron chi connectivity index (χ0n) is 13.1. The molecule has 116 valence electrons. The van der Waals surface area contributed by atoms with Crippen molar-refractivity contribution >= 4 is 0 Å². The maximum atomic E-state index is 11.0. The molecular formula is C20H25NO. The quantitative estimate of drug-likeness (QED) is 0.907. The lowest BCUT2D eigenvalue weighted by Gasteiger charge is -2.34. The Kier molecular flexibility index (Phi) is 5.25. The number of aliphatic hydroxyl groups is 1. The summed E-state index contributed by atoms with van der Waals surface area (Å²) in [6, 6.07) is 20.6. The molecule has 22 heavy (non-hydrogen) atoms. The van der Waals surface area contributed by atoms with Crippen molar-refractivity contribution in [3.63, 3.8) is 0 Å². The smallest absolute Gasteiger partial charge is 0.0986 e. The highest BCUT2D eigenvalue weighted by molar-refractivity contribution is 5.26. The first-order valence-corrected chi connectivity index (χ1v) is 8.38. The Morgan fingerprint density at radius 3 is 1.73 bits per heavy atom. The van der Waals surface area contributed by atoms with E-state index in [1.165, 1.54) is 31.2 Å². The molecule has 2 heteroatoms. The van der Waals surface area contributed by atoms with E-state index in [4.69, 9.17) is 0 Å². The summed E-state index contributed by atoms with van der Waals surface area (Å²) in [5, 5.41) is 11.0. The minimum Gasteiger partial charge on any atom is -0.386 e. The molecule has 1 aliphatic rings. The molecule has 0 aliphatic carbocycles. The molecule has 1 heterocycles. The standard InChI is InChI=1S/C20H25NO/c22-20(18-13-7-4-8-14-18)19(17-11-5-3-6-12-17)21-15-9-1-2-10-16-21/h3-8,11-14,19-20,22H,1-2,9-10,15-16H2/t19-,20-/m0/s1. The molecule has 0 unspecified atom stereocenters. The predicted molar refractivity (Wildman–Crippen MR) is 90.6 cm³/mol. The molecule has 1 fully saturated rings. The minimum absolute atomic E-state index is 0.0432. The summed E-state index contributed by atoms with van der Waals surface area (Å²) in [6.07, 6.45) is 4.58. The second-order valence-corrected chi connectivity index (χ2v) is 6.16. The van der Waals surface area contributed by atoms with Gasteiger partial charge in [0.2, 0.25) is 0 Å². The van der Waals surface area contributed by atoms with Crippen molar-refractivity contribution in [2.45, 2.75) is 37.8 Å². The fraction of sp³-hybridized carbons (Fsp3) is 0.400. The summed E-state index contributed by atoms with van der Waals surface area (Å²) in [7, 11) is 0. The Bertz CT molecular complexity index is 546. The average molecular weight is 295 g/mol. The van der Waals surface area contributed by atoms with Crippen molar-refractivity contribution in [2.24, 2.45) is 0 Å². The molecule has 2 aromatic carbocycles. The van der Waals surface area contributed by atoms with Crippen LogP contribution in [0.4, 0.5) is 0 Å². The Morgan fingerprint density at radius 1 is 0.682 bits per heavy atom. The summed E-state index contributed by atoms with van der Waals surface area (Å²) in [6.45, 7) is 2.15. The van der Waals surface area contributed by atoms with Crippen molar-refractivity contribution in [3.8, 4) is 0 Å². The molecule has 0 amide bonds. The van der Waals surface area contributed by atoms with Crippen LogP contribution in [0, 0.1) is 0 Å². The fourth-order valence-electron chi connectivity index (χ4n) is 3.45. The van der Waals surface area contributed by atoms with Gasteiger partial charge in [-0.05, 0) is 37.1 Å². The van der Waals surface area contributed by atoms with Crippen LogP contribution < -0.4 is 0 Å². The van der Waals surface area contributed by atoms with Crippen LogP contribution >= 0.6 is 0 Å². The number of likely N-dealkylation sites (tertiary alicyclic amines) is 1. The van der Waals surface area contributed by atoms with E-state index in [2.05, 4.69) is 29.2 Å². The van der Waals surface area contributed by atoms with E-state index in [-0.39, 0.29) is 6.04 Å². The van der Waals surface area contributed by atoms with E-state index in [1.807, 2.05) is 36.4 Å². The van der Waals surface area contributed by atoms with Crippen LogP contribution in [-0.4, -0.2) is 23.1 Å². The van der Waals surface area contributed by atoms with Crippen LogP contribution in [0.2, 0.25) is 0 Å². The van der Waals surface area contributed by atoms with Gasteiger partial charge >= 0.3 is 0 Å². The summed E-state index contributed by atoms with van der Waals surface area (Å²) < 4.78 is 0. The first-order valence-electron chi connectivity index (χ1n) is 8.38. The van der Waals surface area contributed by atoms with Gasteiger partial charge in [0.15, 0.2) is 0 Å². The van der Waals surface area contributed by atoms with Gasteiger partial charge in [-0.25, -0.2) is 0 Å². The highest BCUT2D eigenvalue weighted by atomic mass is 16.3. The Morgan fingerprint density at radius 2 is 1.18 bits per heavy atom. The van der Waals surface area contributed by atoms with Gasteiger partial charge in [0.1, 0.15) is 0 Å². The van der Waals surface area contributed by atoms with Gasteiger partial charge in [-0.15, -0.1) is 0 Å². The molecule has 1 N–H and O–H groups in total. The highest BCUT2D eigenvalue weighted by Crippen LogP contribution is 2.35. The number of nitrogens with zero attached hydrogens (tertiary/aromatic N) is 1. The number of rotatable bonds is 4. The molecule has 0 aromatic heterocycles. The first kappa shape index (κ1) is 15.3. The van der Waals surface area contributed by atoms with Crippen molar-refractivity contribution in [3.05, 3.63) is 71.8 Å². The third-order valence-corrected chi connectivity index (χ3v) is 4.62. The molecule has 0 spiro atoms. The van der Waals surface area contributed by atoms with E-state index >= 15 is 0 Å². The maximum absolute atomic E-state index is 11.0. The third-order valence-electron chi connectivity index (χ3n) is 4.62. The molecule has 2 aromatic rings. The lowest BCUT2D eigenvalue weighted by Crippen LogP contribution is -2.33. The number of hydrogen-bond acceptors (Lipinski definition) is 2. The largest absolute Gasteiger partial charge is 0.386 e. The fourth-order valence-corrected chi connectivity index (χ4v) is 3.45. The van der Waals surface area contributed by atoms with Gasteiger partial charge in [-0.1, -0.05) is 73.5 Å². The second-order valence-electron chi connectivity index (χ2n) is 6.16. The van der Waals surface area contributed by atoms with E-state index in [1.54, 1.807) is 0 Å². The van der Waals surface area contributed by atoms with Crippen LogP contribution in [0.3, 0.4) is 0 Å². The van der Waals surface area contributed by atoms with Crippen molar-refractivity contribution in [1.29, 1.82) is 0 Å². The van der Waals surface area contributed by atoms with Crippen LogP contribution in [0.1, 0.15) is 49.0 Å². The van der Waals surface area contributed by atoms with E-state index in [0.29, 0.717) is 0 Å². The van der Waals surface area contributed by atoms with Crippen molar-refractivity contribution in [2.75, 3.05) is 13.1 Å². The Labute approximate surface area is 133 Å². The summed E-state index contributed by atoms with van der Waals surface area (Å²) in [5.41, 5.74) is 2.21. The van der Waals surface area contributed by atoms with Gasteiger partial charge in [0, 0.05) is 0 Å². The molecule has 1 aliphatic heterocycles. The van der Waals surface area contributed by atoms with E-state index < -0.39 is 6.10 Å². The lowest BCUT2D eigenvalue weighted by molar-refractivity contribution is 0.0488.